The molecule has 7 nitrogen and oxygen atoms in total. The van der Waals surface area contributed by atoms with E-state index in [1.54, 1.807) is 31.3 Å². The standard InChI is InChI=1S/C19H32N4O3S.HI/c1-19(2,23-11-13-26-14-12-23)16-22-18(20-3)21-10-7-15-27(24,25)17-8-5-4-6-9-17;/h4-6,8-9H,7,10-16H2,1-3H3,(H2,20,21,22);1H. The second-order valence-electron chi connectivity index (χ2n) is 7.25. The topological polar surface area (TPSA) is 83.0 Å². The first-order valence-electron chi connectivity index (χ1n) is 9.40. The van der Waals surface area contributed by atoms with Crippen LogP contribution in [0.5, 0.6) is 0 Å². The van der Waals surface area contributed by atoms with Crippen molar-refractivity contribution in [3.8, 4) is 0 Å². The Bertz CT molecular complexity index is 705. The lowest BCUT2D eigenvalue weighted by atomic mass is 10.0. The minimum absolute atomic E-state index is 0. The Hall–Kier alpha value is -0.910. The van der Waals surface area contributed by atoms with E-state index in [9.17, 15) is 8.42 Å². The van der Waals surface area contributed by atoms with Gasteiger partial charge in [0.05, 0.1) is 23.9 Å². The molecule has 1 aliphatic heterocycles. The van der Waals surface area contributed by atoms with Crippen molar-refractivity contribution >= 4 is 39.8 Å². The number of benzene rings is 1. The highest BCUT2D eigenvalue weighted by molar-refractivity contribution is 14.0. The third-order valence-electron chi connectivity index (χ3n) is 4.76. The zero-order chi connectivity index (χ0) is 19.8. The van der Waals surface area contributed by atoms with Gasteiger partial charge in [-0.1, -0.05) is 18.2 Å². The Morgan fingerprint density at radius 1 is 1.18 bits per heavy atom. The number of guanidine groups is 1. The smallest absolute Gasteiger partial charge is 0.191 e. The van der Waals surface area contributed by atoms with Crippen molar-refractivity contribution in [2.24, 2.45) is 4.99 Å². The lowest BCUT2D eigenvalue weighted by Gasteiger charge is -2.41. The summed E-state index contributed by atoms with van der Waals surface area (Å²) in [6, 6.07) is 8.57. The maximum Gasteiger partial charge on any atom is 0.191 e. The number of sulfone groups is 1. The molecular weight excluding hydrogens is 491 g/mol. The summed E-state index contributed by atoms with van der Waals surface area (Å²) < 4.78 is 30.0. The van der Waals surface area contributed by atoms with Gasteiger partial charge in [0, 0.05) is 38.8 Å². The van der Waals surface area contributed by atoms with Crippen molar-refractivity contribution in [1.29, 1.82) is 0 Å². The molecule has 0 spiro atoms. The van der Waals surface area contributed by atoms with Crippen LogP contribution in [0.1, 0.15) is 20.3 Å². The molecule has 0 amide bonds. The summed E-state index contributed by atoms with van der Waals surface area (Å²) in [5.41, 5.74) is -0.0158. The fourth-order valence-corrected chi connectivity index (χ4v) is 4.35. The minimum Gasteiger partial charge on any atom is -0.379 e. The summed E-state index contributed by atoms with van der Waals surface area (Å²) in [6.45, 7) is 9.09. The third-order valence-corrected chi connectivity index (χ3v) is 6.58. The molecule has 1 aromatic rings. The molecule has 0 unspecified atom stereocenters. The number of ether oxygens (including phenoxy) is 1. The highest BCUT2D eigenvalue weighted by Crippen LogP contribution is 2.15. The molecule has 2 rings (SSSR count). The van der Waals surface area contributed by atoms with Crippen LogP contribution in [0, 0.1) is 0 Å². The van der Waals surface area contributed by atoms with E-state index in [0.717, 1.165) is 32.8 Å². The van der Waals surface area contributed by atoms with Gasteiger partial charge in [-0.2, -0.15) is 0 Å². The Labute approximate surface area is 186 Å². The van der Waals surface area contributed by atoms with Gasteiger partial charge in [0.25, 0.3) is 0 Å². The van der Waals surface area contributed by atoms with Gasteiger partial charge in [0.1, 0.15) is 0 Å². The zero-order valence-electron chi connectivity index (χ0n) is 17.0. The molecule has 1 fully saturated rings. The highest BCUT2D eigenvalue weighted by Gasteiger charge is 2.28. The molecule has 160 valence electrons. The highest BCUT2D eigenvalue weighted by atomic mass is 127. The quantitative estimate of drug-likeness (QED) is 0.234. The second-order valence-corrected chi connectivity index (χ2v) is 9.36. The van der Waals surface area contributed by atoms with E-state index in [4.69, 9.17) is 4.74 Å². The number of rotatable bonds is 8. The number of hydrogen-bond acceptors (Lipinski definition) is 5. The SMILES string of the molecule is CN=C(NCCCS(=O)(=O)c1ccccc1)NCC(C)(C)N1CCOCC1.I. The number of nitrogens with zero attached hydrogens (tertiary/aromatic N) is 2. The van der Waals surface area contributed by atoms with E-state index < -0.39 is 9.84 Å². The molecule has 0 aliphatic carbocycles. The zero-order valence-corrected chi connectivity index (χ0v) is 20.1. The van der Waals surface area contributed by atoms with Crippen molar-refractivity contribution in [1.82, 2.24) is 15.5 Å². The van der Waals surface area contributed by atoms with Crippen molar-refractivity contribution in [2.75, 3.05) is 52.2 Å². The van der Waals surface area contributed by atoms with Gasteiger partial charge in [-0.05, 0) is 32.4 Å². The maximum atomic E-state index is 12.3. The van der Waals surface area contributed by atoms with Crippen LogP contribution < -0.4 is 10.6 Å². The molecule has 1 saturated heterocycles. The fourth-order valence-electron chi connectivity index (χ4n) is 3.02. The molecule has 1 aliphatic rings. The first kappa shape index (κ1) is 25.1. The van der Waals surface area contributed by atoms with Gasteiger partial charge < -0.3 is 15.4 Å². The molecule has 28 heavy (non-hydrogen) atoms. The van der Waals surface area contributed by atoms with Crippen LogP contribution in [0.4, 0.5) is 0 Å². The van der Waals surface area contributed by atoms with E-state index in [2.05, 4.69) is 34.4 Å². The molecular formula is C19H33IN4O3S. The summed E-state index contributed by atoms with van der Waals surface area (Å²) in [5.74, 6) is 0.800. The Morgan fingerprint density at radius 2 is 1.82 bits per heavy atom. The molecule has 2 N–H and O–H groups in total. The molecule has 0 bridgehead atoms. The average Bonchev–Trinajstić information content (AvgIpc) is 2.69. The summed E-state index contributed by atoms with van der Waals surface area (Å²) in [4.78, 5) is 7.01. The summed E-state index contributed by atoms with van der Waals surface area (Å²) in [6.07, 6.45) is 0.519. The molecule has 0 radical (unpaired) electrons. The number of nitrogens with one attached hydrogen (secondary N) is 2. The Kier molecular flexibility index (Phi) is 10.7. The van der Waals surface area contributed by atoms with Crippen molar-refractivity contribution in [3.63, 3.8) is 0 Å². The molecule has 1 heterocycles. The van der Waals surface area contributed by atoms with Gasteiger partial charge in [-0.3, -0.25) is 9.89 Å². The van der Waals surface area contributed by atoms with E-state index in [1.807, 2.05) is 6.07 Å². The predicted molar refractivity (Wildman–Crippen MR) is 124 cm³/mol. The Morgan fingerprint density at radius 3 is 2.43 bits per heavy atom. The van der Waals surface area contributed by atoms with E-state index >= 15 is 0 Å². The fraction of sp³-hybridized carbons (Fsp3) is 0.632. The van der Waals surface area contributed by atoms with Crippen LogP contribution in [-0.2, 0) is 14.6 Å². The first-order valence-corrected chi connectivity index (χ1v) is 11.1. The summed E-state index contributed by atoms with van der Waals surface area (Å²) in [7, 11) is -1.51. The van der Waals surface area contributed by atoms with Crippen LogP contribution in [0.15, 0.2) is 40.2 Å². The molecule has 0 atom stereocenters. The number of morpholine rings is 1. The van der Waals surface area contributed by atoms with Crippen LogP contribution >= 0.6 is 24.0 Å². The largest absolute Gasteiger partial charge is 0.379 e. The monoisotopic (exact) mass is 524 g/mol. The summed E-state index contributed by atoms with van der Waals surface area (Å²) in [5, 5.41) is 6.54. The van der Waals surface area contributed by atoms with Crippen molar-refractivity contribution < 1.29 is 13.2 Å². The summed E-state index contributed by atoms with van der Waals surface area (Å²) >= 11 is 0. The molecule has 1 aromatic carbocycles. The normalized spacial score (nSPS) is 16.3. The van der Waals surface area contributed by atoms with E-state index in [-0.39, 0.29) is 35.3 Å². The maximum absolute atomic E-state index is 12.3. The predicted octanol–water partition coefficient (Wildman–Crippen LogP) is 1.74. The Balaban J connectivity index is 0.00000392. The van der Waals surface area contributed by atoms with Crippen LogP contribution in [0.3, 0.4) is 0 Å². The van der Waals surface area contributed by atoms with Crippen LogP contribution in [0.25, 0.3) is 0 Å². The number of halogens is 1. The van der Waals surface area contributed by atoms with Gasteiger partial charge in [-0.15, -0.1) is 24.0 Å². The third kappa shape index (κ3) is 7.84. The minimum atomic E-state index is -3.23. The van der Waals surface area contributed by atoms with Crippen molar-refractivity contribution in [2.45, 2.75) is 30.7 Å². The van der Waals surface area contributed by atoms with Crippen molar-refractivity contribution in [3.05, 3.63) is 30.3 Å². The molecule has 0 aromatic heterocycles. The lowest BCUT2D eigenvalue weighted by Crippen LogP contribution is -2.56. The number of aliphatic imine (C=N–C) groups is 1. The van der Waals surface area contributed by atoms with Gasteiger partial charge >= 0.3 is 0 Å². The second kappa shape index (κ2) is 11.9. The average molecular weight is 524 g/mol. The lowest BCUT2D eigenvalue weighted by molar-refractivity contribution is -0.00833. The van der Waals surface area contributed by atoms with Gasteiger partial charge in [-0.25, -0.2) is 8.42 Å². The van der Waals surface area contributed by atoms with E-state index in [1.165, 1.54) is 0 Å². The molecule has 0 saturated carbocycles. The van der Waals surface area contributed by atoms with Gasteiger partial charge in [0.15, 0.2) is 15.8 Å². The van der Waals surface area contributed by atoms with Crippen LogP contribution in [-0.4, -0.2) is 77.0 Å². The number of hydrogen-bond donors (Lipinski definition) is 2. The van der Waals surface area contributed by atoms with Crippen LogP contribution in [0.2, 0.25) is 0 Å². The van der Waals surface area contributed by atoms with E-state index in [0.29, 0.717) is 23.8 Å². The first-order chi connectivity index (χ1) is 12.8. The van der Waals surface area contributed by atoms with Gasteiger partial charge in [0.2, 0.25) is 0 Å². The molecule has 9 heteroatoms.